The molecular formula is C11H13N3OS. The number of rotatable bonds is 3. The Morgan fingerprint density at radius 2 is 2.44 bits per heavy atom. The summed E-state index contributed by atoms with van der Waals surface area (Å²) in [6.07, 6.45) is 8.14. The fraction of sp³-hybridized carbons (Fsp3) is 0.273. The molecule has 0 aliphatic carbocycles. The molecule has 1 aromatic rings. The predicted octanol–water partition coefficient (Wildman–Crippen LogP) is 1.51. The van der Waals surface area contributed by atoms with Crippen LogP contribution in [0, 0.1) is 6.92 Å². The molecule has 0 amide bonds. The van der Waals surface area contributed by atoms with E-state index < -0.39 is 0 Å². The van der Waals surface area contributed by atoms with Crippen LogP contribution < -0.4 is 5.56 Å². The van der Waals surface area contributed by atoms with E-state index in [0.29, 0.717) is 5.16 Å². The molecule has 0 radical (unpaired) electrons. The van der Waals surface area contributed by atoms with E-state index in [1.165, 1.54) is 17.8 Å². The molecule has 0 aromatic carbocycles. The number of aromatic amines is 1. The molecule has 0 saturated heterocycles. The van der Waals surface area contributed by atoms with E-state index in [1.807, 2.05) is 25.3 Å². The first-order valence-corrected chi connectivity index (χ1v) is 6.01. The summed E-state index contributed by atoms with van der Waals surface area (Å²) in [4.78, 5) is 20.3. The van der Waals surface area contributed by atoms with E-state index in [0.717, 1.165) is 18.1 Å². The Bertz CT molecular complexity index is 478. The quantitative estimate of drug-likeness (QED) is 0.637. The van der Waals surface area contributed by atoms with Crippen molar-refractivity contribution in [1.29, 1.82) is 0 Å². The largest absolute Gasteiger partial charge is 0.364 e. The first kappa shape index (κ1) is 11.0. The number of thioether (sulfide) groups is 1. The highest BCUT2D eigenvalue weighted by molar-refractivity contribution is 7.99. The standard InChI is InChI=1S/C11H13N3OS/c1-9-7-10(15)13-11(12-9)16-8-14-5-3-2-4-6-14/h2-5,7H,6,8H2,1H3,(H,12,13,15). The highest BCUT2D eigenvalue weighted by Crippen LogP contribution is 2.14. The van der Waals surface area contributed by atoms with Crippen LogP contribution in [-0.2, 0) is 0 Å². The third kappa shape index (κ3) is 3.00. The van der Waals surface area contributed by atoms with Crippen molar-refractivity contribution in [3.63, 3.8) is 0 Å². The summed E-state index contributed by atoms with van der Waals surface area (Å²) in [5, 5.41) is 0.674. The highest BCUT2D eigenvalue weighted by Gasteiger charge is 2.03. The zero-order chi connectivity index (χ0) is 11.4. The molecule has 1 aliphatic heterocycles. The molecule has 5 heteroatoms. The Kier molecular flexibility index (Phi) is 3.46. The van der Waals surface area contributed by atoms with Crippen molar-refractivity contribution in [1.82, 2.24) is 14.9 Å². The number of H-pyrrole nitrogens is 1. The van der Waals surface area contributed by atoms with Crippen molar-refractivity contribution in [2.24, 2.45) is 0 Å². The molecule has 2 heterocycles. The SMILES string of the molecule is Cc1cc(=O)[nH]c(SCN2C=CC=CC2)n1. The van der Waals surface area contributed by atoms with E-state index in [2.05, 4.69) is 20.9 Å². The summed E-state index contributed by atoms with van der Waals surface area (Å²) in [6, 6.07) is 1.49. The second-order valence-corrected chi connectivity index (χ2v) is 4.44. The first-order chi connectivity index (χ1) is 7.74. The zero-order valence-electron chi connectivity index (χ0n) is 9.01. The molecule has 1 aromatic heterocycles. The monoisotopic (exact) mass is 235 g/mol. The van der Waals surface area contributed by atoms with Gasteiger partial charge in [-0.3, -0.25) is 4.79 Å². The molecule has 1 aliphatic rings. The van der Waals surface area contributed by atoms with Crippen LogP contribution in [0.15, 0.2) is 40.4 Å². The molecule has 0 fully saturated rings. The third-order valence-electron chi connectivity index (χ3n) is 2.10. The lowest BCUT2D eigenvalue weighted by molar-refractivity contribution is 0.485. The van der Waals surface area contributed by atoms with Crippen LogP contribution >= 0.6 is 11.8 Å². The van der Waals surface area contributed by atoms with Gasteiger partial charge in [-0.05, 0) is 13.0 Å². The maximum atomic E-state index is 11.2. The van der Waals surface area contributed by atoms with E-state index >= 15 is 0 Å². The molecule has 2 rings (SSSR count). The summed E-state index contributed by atoms with van der Waals surface area (Å²) in [7, 11) is 0. The van der Waals surface area contributed by atoms with Crippen molar-refractivity contribution in [3.8, 4) is 0 Å². The van der Waals surface area contributed by atoms with Crippen LogP contribution in [0.1, 0.15) is 5.69 Å². The van der Waals surface area contributed by atoms with Crippen molar-refractivity contribution >= 4 is 11.8 Å². The number of nitrogens with one attached hydrogen (secondary N) is 1. The molecule has 0 bridgehead atoms. The number of hydrogen-bond donors (Lipinski definition) is 1. The Morgan fingerprint density at radius 3 is 3.12 bits per heavy atom. The smallest absolute Gasteiger partial charge is 0.251 e. The summed E-state index contributed by atoms with van der Waals surface area (Å²) in [6.45, 7) is 2.72. The van der Waals surface area contributed by atoms with Gasteiger partial charge in [0.05, 0.1) is 5.88 Å². The van der Waals surface area contributed by atoms with Gasteiger partial charge in [0.25, 0.3) is 5.56 Å². The second-order valence-electron chi connectivity index (χ2n) is 3.51. The Morgan fingerprint density at radius 1 is 1.56 bits per heavy atom. The average Bonchev–Trinajstić information content (AvgIpc) is 2.27. The molecular weight excluding hydrogens is 222 g/mol. The first-order valence-electron chi connectivity index (χ1n) is 5.02. The maximum Gasteiger partial charge on any atom is 0.251 e. The Labute approximate surface area is 98.1 Å². The lowest BCUT2D eigenvalue weighted by Gasteiger charge is -2.19. The molecule has 4 nitrogen and oxygen atoms in total. The van der Waals surface area contributed by atoms with Gasteiger partial charge >= 0.3 is 0 Å². The van der Waals surface area contributed by atoms with Crippen molar-refractivity contribution in [2.75, 3.05) is 12.4 Å². The van der Waals surface area contributed by atoms with Gasteiger partial charge in [-0.25, -0.2) is 4.98 Å². The highest BCUT2D eigenvalue weighted by atomic mass is 32.2. The van der Waals surface area contributed by atoms with E-state index in [-0.39, 0.29) is 5.56 Å². The van der Waals surface area contributed by atoms with Gasteiger partial charge in [0.1, 0.15) is 0 Å². The zero-order valence-corrected chi connectivity index (χ0v) is 9.83. The van der Waals surface area contributed by atoms with Crippen LogP contribution in [0.4, 0.5) is 0 Å². The van der Waals surface area contributed by atoms with Crippen molar-refractivity contribution in [2.45, 2.75) is 12.1 Å². The summed E-state index contributed by atoms with van der Waals surface area (Å²) in [5.74, 6) is 0.785. The lowest BCUT2D eigenvalue weighted by atomic mass is 10.4. The second kappa shape index (κ2) is 5.03. The number of aryl methyl sites for hydroxylation is 1. The van der Waals surface area contributed by atoms with E-state index in [1.54, 1.807) is 0 Å². The minimum absolute atomic E-state index is 0.0934. The number of nitrogens with zero attached hydrogens (tertiary/aromatic N) is 2. The third-order valence-corrected chi connectivity index (χ3v) is 3.03. The van der Waals surface area contributed by atoms with Gasteiger partial charge in [-0.1, -0.05) is 23.9 Å². The minimum Gasteiger partial charge on any atom is -0.364 e. The lowest BCUT2D eigenvalue weighted by Crippen LogP contribution is -2.18. The van der Waals surface area contributed by atoms with Gasteiger partial charge in [-0.2, -0.15) is 0 Å². The van der Waals surface area contributed by atoms with E-state index in [4.69, 9.17) is 0 Å². The van der Waals surface area contributed by atoms with Gasteiger partial charge in [-0.15, -0.1) is 0 Å². The van der Waals surface area contributed by atoms with Gasteiger partial charge in [0, 0.05) is 24.5 Å². The number of aromatic nitrogens is 2. The Balaban J connectivity index is 1.96. The Hall–Kier alpha value is -1.49. The minimum atomic E-state index is -0.0934. The van der Waals surface area contributed by atoms with Gasteiger partial charge < -0.3 is 9.88 Å². The average molecular weight is 235 g/mol. The number of allylic oxidation sites excluding steroid dienone is 2. The summed E-state index contributed by atoms with van der Waals surface area (Å²) >= 11 is 1.53. The molecule has 16 heavy (non-hydrogen) atoms. The molecule has 84 valence electrons. The van der Waals surface area contributed by atoms with Crippen molar-refractivity contribution < 1.29 is 0 Å². The van der Waals surface area contributed by atoms with Crippen LogP contribution in [0.25, 0.3) is 0 Å². The fourth-order valence-corrected chi connectivity index (χ4v) is 2.23. The summed E-state index contributed by atoms with van der Waals surface area (Å²) < 4.78 is 0. The molecule has 0 unspecified atom stereocenters. The maximum absolute atomic E-state index is 11.2. The van der Waals surface area contributed by atoms with Crippen LogP contribution in [0.5, 0.6) is 0 Å². The topological polar surface area (TPSA) is 49.0 Å². The molecule has 1 N–H and O–H groups in total. The van der Waals surface area contributed by atoms with Crippen LogP contribution in [-0.4, -0.2) is 27.3 Å². The predicted molar refractivity (Wildman–Crippen MR) is 65.3 cm³/mol. The molecule has 0 spiro atoms. The van der Waals surface area contributed by atoms with Gasteiger partial charge in [0.2, 0.25) is 0 Å². The van der Waals surface area contributed by atoms with Crippen LogP contribution in [0.2, 0.25) is 0 Å². The number of hydrogen-bond acceptors (Lipinski definition) is 4. The van der Waals surface area contributed by atoms with E-state index in [9.17, 15) is 4.79 Å². The molecule has 0 saturated carbocycles. The summed E-state index contributed by atoms with van der Waals surface area (Å²) in [5.41, 5.74) is 0.657. The molecule has 0 atom stereocenters. The normalized spacial score (nSPS) is 14.4. The fourth-order valence-electron chi connectivity index (χ4n) is 1.37. The van der Waals surface area contributed by atoms with Crippen molar-refractivity contribution in [3.05, 3.63) is 46.5 Å². The van der Waals surface area contributed by atoms with Gasteiger partial charge in [0.15, 0.2) is 5.16 Å². The van der Waals surface area contributed by atoms with Crippen LogP contribution in [0.3, 0.4) is 0 Å².